The number of likely N-dealkylation sites (tertiary alicyclic amines) is 1. The topological polar surface area (TPSA) is 55.6 Å². The number of carbonyl (C=O) groups excluding carboxylic acids is 1. The molecule has 1 aliphatic rings. The Morgan fingerprint density at radius 1 is 1.53 bits per heavy atom. The molecule has 0 spiro atoms. The van der Waals surface area contributed by atoms with Crippen LogP contribution in [-0.4, -0.2) is 49.8 Å². The van der Waals surface area contributed by atoms with Gasteiger partial charge in [-0.2, -0.15) is 13.2 Å². The lowest BCUT2D eigenvalue weighted by atomic mass is 9.87. The molecule has 0 aromatic rings. The average Bonchev–Trinajstić information content (AvgIpc) is 2.70. The first-order valence-electron chi connectivity index (χ1n) is 5.48. The molecule has 0 unspecified atom stereocenters. The number of rotatable bonds is 4. The molecule has 1 saturated heterocycles. The fourth-order valence-electron chi connectivity index (χ4n) is 1.94. The molecular formula is C10H17F3N2O2. The fourth-order valence-corrected chi connectivity index (χ4v) is 1.94. The number of alkyl halides is 3. The van der Waals surface area contributed by atoms with Crippen molar-refractivity contribution in [3.63, 3.8) is 0 Å². The summed E-state index contributed by atoms with van der Waals surface area (Å²) in [7, 11) is 0. The number of nitrogens with zero attached hydrogens (tertiary/aromatic N) is 1. The molecule has 2 N–H and O–H groups in total. The Labute approximate surface area is 97.9 Å². The molecule has 0 aliphatic carbocycles. The van der Waals surface area contributed by atoms with Crippen molar-refractivity contribution in [3.8, 4) is 0 Å². The van der Waals surface area contributed by atoms with Gasteiger partial charge in [0.25, 0.3) is 0 Å². The molecule has 7 heteroatoms. The van der Waals surface area contributed by atoms with E-state index in [0.29, 0.717) is 0 Å². The molecular weight excluding hydrogens is 237 g/mol. The minimum atomic E-state index is -4.37. The van der Waals surface area contributed by atoms with Crippen molar-refractivity contribution in [1.82, 2.24) is 4.90 Å². The molecule has 100 valence electrons. The third-order valence-corrected chi connectivity index (χ3v) is 3.06. The maximum atomic E-state index is 13.0. The highest BCUT2D eigenvalue weighted by atomic mass is 19.4. The van der Waals surface area contributed by atoms with Gasteiger partial charge in [-0.25, -0.2) is 0 Å². The number of ether oxygens (including phenoxy) is 1. The minimum Gasteiger partial charge on any atom is -0.381 e. The van der Waals surface area contributed by atoms with E-state index in [9.17, 15) is 18.0 Å². The Morgan fingerprint density at radius 3 is 2.65 bits per heavy atom. The summed E-state index contributed by atoms with van der Waals surface area (Å²) in [5.74, 6) is -0.451. The van der Waals surface area contributed by atoms with E-state index in [4.69, 9.17) is 10.5 Å². The van der Waals surface area contributed by atoms with Crippen molar-refractivity contribution in [2.24, 2.45) is 11.1 Å². The number of carbonyl (C=O) groups is 1. The highest BCUT2D eigenvalue weighted by Crippen LogP contribution is 2.45. The predicted octanol–water partition coefficient (Wildman–Crippen LogP) is 0.763. The van der Waals surface area contributed by atoms with Crippen molar-refractivity contribution in [2.75, 3.05) is 32.8 Å². The molecule has 0 aromatic carbocycles. The summed E-state index contributed by atoms with van der Waals surface area (Å²) in [5.41, 5.74) is 3.21. The Balaban J connectivity index is 2.78. The molecule has 4 nitrogen and oxygen atoms in total. The molecule has 1 fully saturated rings. The molecule has 0 radical (unpaired) electrons. The third kappa shape index (κ3) is 2.90. The fraction of sp³-hybridized carbons (Fsp3) is 0.900. The molecule has 1 amide bonds. The van der Waals surface area contributed by atoms with Crippen LogP contribution in [0, 0.1) is 5.41 Å². The molecule has 0 saturated carbocycles. The Morgan fingerprint density at radius 2 is 2.18 bits per heavy atom. The van der Waals surface area contributed by atoms with Crippen LogP contribution in [0.25, 0.3) is 0 Å². The van der Waals surface area contributed by atoms with E-state index in [-0.39, 0.29) is 32.7 Å². The van der Waals surface area contributed by atoms with Crippen LogP contribution in [0.5, 0.6) is 0 Å². The lowest BCUT2D eigenvalue weighted by Gasteiger charge is -2.31. The van der Waals surface area contributed by atoms with Crippen molar-refractivity contribution in [3.05, 3.63) is 0 Å². The van der Waals surface area contributed by atoms with Gasteiger partial charge in [0.05, 0.1) is 13.2 Å². The van der Waals surface area contributed by atoms with Crippen molar-refractivity contribution in [2.45, 2.75) is 19.5 Å². The molecule has 0 bridgehead atoms. The maximum Gasteiger partial charge on any atom is 0.398 e. The Hall–Kier alpha value is -0.820. The van der Waals surface area contributed by atoms with Crippen LogP contribution in [0.3, 0.4) is 0 Å². The summed E-state index contributed by atoms with van der Waals surface area (Å²) in [6.45, 7) is 0.934. The molecule has 1 rings (SSSR count). The number of hydrogen-bond acceptors (Lipinski definition) is 3. The second kappa shape index (κ2) is 5.22. The lowest BCUT2D eigenvalue weighted by Crippen LogP contribution is -2.46. The van der Waals surface area contributed by atoms with Gasteiger partial charge in [-0.05, 0) is 13.3 Å². The second-order valence-corrected chi connectivity index (χ2v) is 4.18. The first kappa shape index (κ1) is 14.2. The summed E-state index contributed by atoms with van der Waals surface area (Å²) in [5, 5.41) is 0. The van der Waals surface area contributed by atoms with Crippen molar-refractivity contribution in [1.29, 1.82) is 0 Å². The van der Waals surface area contributed by atoms with Gasteiger partial charge in [0.1, 0.15) is 5.41 Å². The minimum absolute atomic E-state index is 0.0859. The SMILES string of the molecule is CCOC[C@]1(C(F)(F)F)CCN(C(=O)CN)C1. The van der Waals surface area contributed by atoms with Gasteiger partial charge in [-0.3, -0.25) is 4.79 Å². The molecule has 17 heavy (non-hydrogen) atoms. The molecule has 1 atom stereocenters. The molecule has 0 aromatic heterocycles. The van der Waals surface area contributed by atoms with E-state index in [2.05, 4.69) is 0 Å². The highest BCUT2D eigenvalue weighted by Gasteiger charge is 2.58. The summed E-state index contributed by atoms with van der Waals surface area (Å²) in [4.78, 5) is 12.5. The third-order valence-electron chi connectivity index (χ3n) is 3.06. The average molecular weight is 254 g/mol. The monoisotopic (exact) mass is 254 g/mol. The second-order valence-electron chi connectivity index (χ2n) is 4.18. The van der Waals surface area contributed by atoms with Gasteiger partial charge in [-0.15, -0.1) is 0 Å². The van der Waals surface area contributed by atoms with Crippen LogP contribution in [0.4, 0.5) is 13.2 Å². The maximum absolute atomic E-state index is 13.0. The van der Waals surface area contributed by atoms with Gasteiger partial charge in [0.2, 0.25) is 5.91 Å². The van der Waals surface area contributed by atoms with Crippen LogP contribution in [-0.2, 0) is 9.53 Å². The van der Waals surface area contributed by atoms with Gasteiger partial charge in [0, 0.05) is 19.7 Å². The Bertz CT molecular complexity index is 283. The Kier molecular flexibility index (Phi) is 4.37. The zero-order valence-electron chi connectivity index (χ0n) is 9.72. The van der Waals surface area contributed by atoms with Gasteiger partial charge in [0.15, 0.2) is 0 Å². The van der Waals surface area contributed by atoms with Crippen LogP contribution >= 0.6 is 0 Å². The van der Waals surface area contributed by atoms with Crippen molar-refractivity contribution < 1.29 is 22.7 Å². The largest absolute Gasteiger partial charge is 0.398 e. The predicted molar refractivity (Wildman–Crippen MR) is 55.2 cm³/mol. The number of halogens is 3. The summed E-state index contributed by atoms with van der Waals surface area (Å²) >= 11 is 0. The van der Waals surface area contributed by atoms with Crippen LogP contribution in [0.15, 0.2) is 0 Å². The summed E-state index contributed by atoms with van der Waals surface area (Å²) in [6.07, 6.45) is -4.49. The van der Waals surface area contributed by atoms with E-state index in [1.165, 1.54) is 0 Å². The number of hydrogen-bond donors (Lipinski definition) is 1. The smallest absolute Gasteiger partial charge is 0.381 e. The van der Waals surface area contributed by atoms with Crippen LogP contribution < -0.4 is 5.73 Å². The van der Waals surface area contributed by atoms with E-state index in [1.807, 2.05) is 0 Å². The van der Waals surface area contributed by atoms with Crippen LogP contribution in [0.2, 0.25) is 0 Å². The van der Waals surface area contributed by atoms with Crippen LogP contribution in [0.1, 0.15) is 13.3 Å². The molecule has 1 aliphatic heterocycles. The van der Waals surface area contributed by atoms with E-state index in [1.54, 1.807) is 6.92 Å². The first-order chi connectivity index (χ1) is 7.86. The normalized spacial score (nSPS) is 25.4. The standard InChI is InChI=1S/C10H17F3N2O2/c1-2-17-7-9(10(11,12)13)3-4-15(6-9)8(16)5-14/h2-7,14H2,1H3/t9-/m0/s1. The van der Waals surface area contributed by atoms with Gasteiger partial charge in [-0.1, -0.05) is 0 Å². The zero-order valence-corrected chi connectivity index (χ0v) is 9.72. The van der Waals surface area contributed by atoms with E-state index < -0.39 is 24.1 Å². The summed E-state index contributed by atoms with van der Waals surface area (Å²) in [6, 6.07) is 0. The van der Waals surface area contributed by atoms with Gasteiger partial charge >= 0.3 is 6.18 Å². The highest BCUT2D eigenvalue weighted by molar-refractivity contribution is 5.78. The van der Waals surface area contributed by atoms with Gasteiger partial charge < -0.3 is 15.4 Å². The van der Waals surface area contributed by atoms with E-state index >= 15 is 0 Å². The van der Waals surface area contributed by atoms with Crippen molar-refractivity contribution >= 4 is 5.91 Å². The quantitative estimate of drug-likeness (QED) is 0.806. The zero-order chi connectivity index (χ0) is 13.1. The number of amides is 1. The number of nitrogens with two attached hydrogens (primary N) is 1. The summed E-state index contributed by atoms with van der Waals surface area (Å²) < 4.78 is 44.0. The van der Waals surface area contributed by atoms with E-state index in [0.717, 1.165) is 4.90 Å². The molecule has 1 heterocycles. The lowest BCUT2D eigenvalue weighted by molar-refractivity contribution is -0.234. The first-order valence-corrected chi connectivity index (χ1v) is 5.48.